The van der Waals surface area contributed by atoms with E-state index in [1.54, 1.807) is 0 Å². The van der Waals surface area contributed by atoms with E-state index in [1.165, 1.54) is 38.6 Å². The van der Waals surface area contributed by atoms with E-state index in [2.05, 4.69) is 27.3 Å². The van der Waals surface area contributed by atoms with Crippen LogP contribution in [0.1, 0.15) is 50.7 Å². The van der Waals surface area contributed by atoms with Crippen molar-refractivity contribution in [1.82, 2.24) is 20.4 Å². The first-order valence-electron chi connectivity index (χ1n) is 8.49. The molecule has 1 aromatic rings. The zero-order valence-electron chi connectivity index (χ0n) is 13.3. The second-order valence-corrected chi connectivity index (χ2v) is 6.74. The van der Waals surface area contributed by atoms with Crippen LogP contribution < -0.4 is 5.32 Å². The van der Waals surface area contributed by atoms with Crippen LogP contribution in [0.25, 0.3) is 0 Å². The lowest BCUT2D eigenvalue weighted by molar-refractivity contribution is 0.105. The van der Waals surface area contributed by atoms with Gasteiger partial charge in [-0.15, -0.1) is 0 Å². The molecule has 0 radical (unpaired) electrons. The third-order valence-electron chi connectivity index (χ3n) is 5.14. The van der Waals surface area contributed by atoms with Crippen LogP contribution in [-0.2, 0) is 6.42 Å². The van der Waals surface area contributed by atoms with Crippen molar-refractivity contribution in [3.8, 4) is 0 Å². The molecule has 0 bridgehead atoms. The molecular formula is C16H28N4O. The highest BCUT2D eigenvalue weighted by Gasteiger charge is 2.30. The predicted molar refractivity (Wildman–Crippen MR) is 82.1 cm³/mol. The molecule has 5 nitrogen and oxygen atoms in total. The molecule has 21 heavy (non-hydrogen) atoms. The molecule has 0 amide bonds. The molecule has 1 aromatic heterocycles. The molecule has 2 heterocycles. The average molecular weight is 292 g/mol. The molecule has 0 aromatic carbocycles. The van der Waals surface area contributed by atoms with Gasteiger partial charge in [-0.05, 0) is 25.7 Å². The van der Waals surface area contributed by atoms with Gasteiger partial charge in [0, 0.05) is 45.1 Å². The van der Waals surface area contributed by atoms with E-state index in [9.17, 15) is 0 Å². The standard InChI is InChI=1S/C16H28N4O/c1-12-10-17-15(14-6-4-3-5-7-14)11-20(12)9-8-16-18-13(2)21-19-16/h12,14-15,17H,3-11H2,1-2H3. The average Bonchev–Trinajstić information content (AvgIpc) is 2.93. The molecule has 118 valence electrons. The molecule has 2 fully saturated rings. The number of aromatic nitrogens is 2. The summed E-state index contributed by atoms with van der Waals surface area (Å²) < 4.78 is 5.06. The van der Waals surface area contributed by atoms with Gasteiger partial charge in [-0.2, -0.15) is 4.98 Å². The third kappa shape index (κ3) is 3.83. The molecule has 2 aliphatic rings. The molecule has 1 saturated carbocycles. The van der Waals surface area contributed by atoms with Crippen LogP contribution in [0.5, 0.6) is 0 Å². The van der Waals surface area contributed by atoms with E-state index < -0.39 is 0 Å². The minimum absolute atomic E-state index is 0.595. The fraction of sp³-hybridized carbons (Fsp3) is 0.875. The lowest BCUT2D eigenvalue weighted by Gasteiger charge is -2.42. The van der Waals surface area contributed by atoms with Gasteiger partial charge in [-0.1, -0.05) is 24.4 Å². The molecule has 2 unspecified atom stereocenters. The lowest BCUT2D eigenvalue weighted by atomic mass is 9.82. The fourth-order valence-corrected chi connectivity index (χ4v) is 3.80. The highest BCUT2D eigenvalue weighted by Crippen LogP contribution is 2.28. The van der Waals surface area contributed by atoms with Crippen molar-refractivity contribution < 1.29 is 4.52 Å². The predicted octanol–water partition coefficient (Wildman–Crippen LogP) is 2.16. The van der Waals surface area contributed by atoms with Crippen LogP contribution in [0.2, 0.25) is 0 Å². The zero-order chi connectivity index (χ0) is 14.7. The first-order valence-corrected chi connectivity index (χ1v) is 8.49. The van der Waals surface area contributed by atoms with Gasteiger partial charge in [-0.25, -0.2) is 0 Å². The van der Waals surface area contributed by atoms with E-state index in [1.807, 2.05) is 6.92 Å². The highest BCUT2D eigenvalue weighted by atomic mass is 16.5. The summed E-state index contributed by atoms with van der Waals surface area (Å²) in [4.78, 5) is 6.91. The smallest absolute Gasteiger partial charge is 0.223 e. The Morgan fingerprint density at radius 3 is 2.81 bits per heavy atom. The van der Waals surface area contributed by atoms with Crippen molar-refractivity contribution in [3.63, 3.8) is 0 Å². The maximum atomic E-state index is 5.06. The van der Waals surface area contributed by atoms with Crippen molar-refractivity contribution in [2.24, 2.45) is 5.92 Å². The quantitative estimate of drug-likeness (QED) is 0.921. The van der Waals surface area contributed by atoms with Crippen LogP contribution in [0.15, 0.2) is 4.52 Å². The Bertz CT molecular complexity index is 441. The number of piperazine rings is 1. The van der Waals surface area contributed by atoms with Crippen LogP contribution in [0.3, 0.4) is 0 Å². The molecule has 1 aliphatic heterocycles. The van der Waals surface area contributed by atoms with E-state index in [4.69, 9.17) is 4.52 Å². The molecule has 0 spiro atoms. The third-order valence-corrected chi connectivity index (χ3v) is 5.14. The Morgan fingerprint density at radius 1 is 1.29 bits per heavy atom. The van der Waals surface area contributed by atoms with Gasteiger partial charge in [0.2, 0.25) is 5.89 Å². The van der Waals surface area contributed by atoms with Crippen molar-refractivity contribution in [3.05, 3.63) is 11.7 Å². The van der Waals surface area contributed by atoms with Crippen LogP contribution in [0, 0.1) is 12.8 Å². The Hall–Kier alpha value is -0.940. The molecule has 2 atom stereocenters. The number of hydrogen-bond donors (Lipinski definition) is 1. The summed E-state index contributed by atoms with van der Waals surface area (Å²) in [6.07, 6.45) is 7.97. The van der Waals surface area contributed by atoms with Gasteiger partial charge in [-0.3, -0.25) is 4.90 Å². The number of nitrogens with zero attached hydrogens (tertiary/aromatic N) is 3. The monoisotopic (exact) mass is 292 g/mol. The van der Waals surface area contributed by atoms with Gasteiger partial charge in [0.15, 0.2) is 5.82 Å². The van der Waals surface area contributed by atoms with E-state index in [-0.39, 0.29) is 0 Å². The minimum Gasteiger partial charge on any atom is -0.340 e. The van der Waals surface area contributed by atoms with Crippen molar-refractivity contribution in [2.45, 2.75) is 64.5 Å². The molecule has 5 heteroatoms. The second-order valence-electron chi connectivity index (χ2n) is 6.74. The Labute approximate surface area is 127 Å². The van der Waals surface area contributed by atoms with Crippen molar-refractivity contribution in [2.75, 3.05) is 19.6 Å². The molecular weight excluding hydrogens is 264 g/mol. The number of aryl methyl sites for hydroxylation is 1. The van der Waals surface area contributed by atoms with Crippen LogP contribution in [-0.4, -0.2) is 46.8 Å². The highest BCUT2D eigenvalue weighted by molar-refractivity contribution is 4.91. The summed E-state index contributed by atoms with van der Waals surface area (Å²) in [5.41, 5.74) is 0. The largest absolute Gasteiger partial charge is 0.340 e. The van der Waals surface area contributed by atoms with Gasteiger partial charge in [0.25, 0.3) is 0 Å². The normalized spacial score (nSPS) is 28.9. The maximum absolute atomic E-state index is 5.06. The van der Waals surface area contributed by atoms with E-state index in [0.29, 0.717) is 18.0 Å². The molecule has 1 aliphatic carbocycles. The van der Waals surface area contributed by atoms with Crippen molar-refractivity contribution >= 4 is 0 Å². The number of rotatable bonds is 4. The summed E-state index contributed by atoms with van der Waals surface area (Å²) in [6, 6.07) is 1.27. The Balaban J connectivity index is 1.53. The molecule has 1 saturated heterocycles. The zero-order valence-corrected chi connectivity index (χ0v) is 13.3. The van der Waals surface area contributed by atoms with Gasteiger partial charge in [0.05, 0.1) is 0 Å². The second kappa shape index (κ2) is 6.88. The minimum atomic E-state index is 0.595. The number of hydrogen-bond acceptors (Lipinski definition) is 5. The summed E-state index contributed by atoms with van der Waals surface area (Å²) in [6.45, 7) is 7.47. The van der Waals surface area contributed by atoms with Gasteiger partial charge in [0.1, 0.15) is 0 Å². The fourth-order valence-electron chi connectivity index (χ4n) is 3.80. The summed E-state index contributed by atoms with van der Waals surface area (Å²) >= 11 is 0. The Morgan fingerprint density at radius 2 is 2.10 bits per heavy atom. The van der Waals surface area contributed by atoms with Gasteiger partial charge >= 0.3 is 0 Å². The number of nitrogens with one attached hydrogen (secondary N) is 1. The summed E-state index contributed by atoms with van der Waals surface area (Å²) in [5.74, 6) is 2.38. The van der Waals surface area contributed by atoms with Crippen LogP contribution >= 0.6 is 0 Å². The SMILES string of the molecule is Cc1nc(CCN2CC(C3CCCCC3)NCC2C)no1. The summed E-state index contributed by atoms with van der Waals surface area (Å²) in [5, 5.41) is 7.79. The topological polar surface area (TPSA) is 54.2 Å². The van der Waals surface area contributed by atoms with Gasteiger partial charge < -0.3 is 9.84 Å². The molecule has 1 N–H and O–H groups in total. The van der Waals surface area contributed by atoms with Crippen molar-refractivity contribution in [1.29, 1.82) is 0 Å². The first kappa shape index (κ1) is 15.0. The summed E-state index contributed by atoms with van der Waals surface area (Å²) in [7, 11) is 0. The molecule has 3 rings (SSSR count). The van der Waals surface area contributed by atoms with Crippen LogP contribution in [0.4, 0.5) is 0 Å². The first-order chi connectivity index (χ1) is 10.2. The lowest BCUT2D eigenvalue weighted by Crippen LogP contribution is -2.58. The van der Waals surface area contributed by atoms with E-state index in [0.717, 1.165) is 31.3 Å². The maximum Gasteiger partial charge on any atom is 0.223 e. The Kier molecular flexibility index (Phi) is 4.91. The van der Waals surface area contributed by atoms with E-state index >= 15 is 0 Å².